The number of nitrogens with zero attached hydrogens (tertiary/aromatic N) is 6. The monoisotopic (exact) mass is 579 g/mol. The summed E-state index contributed by atoms with van der Waals surface area (Å²) in [6, 6.07) is 0. The number of halogens is 1. The molecule has 0 spiro atoms. The van der Waals surface area contributed by atoms with Crippen molar-refractivity contribution in [3.63, 3.8) is 0 Å². The van der Waals surface area contributed by atoms with E-state index < -0.39 is 23.4 Å². The summed E-state index contributed by atoms with van der Waals surface area (Å²) >= 11 is 6.39. The number of nitrogen functional groups attached to an aromatic ring is 1. The van der Waals surface area contributed by atoms with Gasteiger partial charge in [-0.2, -0.15) is 0 Å². The molecule has 0 radical (unpaired) electrons. The van der Waals surface area contributed by atoms with Crippen LogP contribution < -0.4 is 10.5 Å². The summed E-state index contributed by atoms with van der Waals surface area (Å²) in [4.78, 5) is 35.9. The molecule has 0 fully saturated rings. The topological polar surface area (TPSA) is 161 Å². The van der Waals surface area contributed by atoms with E-state index in [0.29, 0.717) is 35.6 Å². The van der Waals surface area contributed by atoms with E-state index in [2.05, 4.69) is 20.3 Å². The predicted molar refractivity (Wildman–Crippen MR) is 149 cm³/mol. The number of aromatic nitrogens is 5. The van der Waals surface area contributed by atoms with Crippen molar-refractivity contribution in [3.05, 3.63) is 11.3 Å². The highest BCUT2D eigenvalue weighted by atomic mass is 35.5. The normalized spacial score (nSPS) is 12.8. The number of aryl methyl sites for hydroxylation is 1. The van der Waals surface area contributed by atoms with Crippen LogP contribution in [0.2, 0.25) is 5.15 Å². The number of rotatable bonds is 9. The second kappa shape index (κ2) is 12.3. The number of amides is 2. The highest BCUT2D eigenvalue weighted by molar-refractivity contribution is 6.34. The van der Waals surface area contributed by atoms with Crippen LogP contribution in [0.1, 0.15) is 68.2 Å². The zero-order valence-electron chi connectivity index (χ0n) is 24.3. The Labute approximate surface area is 238 Å². The molecule has 0 bridgehead atoms. The lowest BCUT2D eigenvalue weighted by Crippen LogP contribution is -2.46. The third-order valence-corrected chi connectivity index (χ3v) is 5.85. The second-order valence-corrected chi connectivity index (χ2v) is 11.7. The van der Waals surface area contributed by atoms with Crippen LogP contribution in [-0.2, 0) is 16.0 Å². The minimum absolute atomic E-state index is 0.0290. The van der Waals surface area contributed by atoms with Gasteiger partial charge in [0.2, 0.25) is 0 Å². The summed E-state index contributed by atoms with van der Waals surface area (Å²) in [6.45, 7) is 15.0. The molecular weight excluding hydrogens is 542 g/mol. The van der Waals surface area contributed by atoms with Crippen LogP contribution in [0.15, 0.2) is 10.8 Å². The molecule has 1 atom stereocenters. The number of ether oxygens (including phenoxy) is 3. The van der Waals surface area contributed by atoms with E-state index in [1.165, 1.54) is 6.20 Å². The van der Waals surface area contributed by atoms with E-state index in [1.807, 2.05) is 18.4 Å². The first-order valence-corrected chi connectivity index (χ1v) is 13.5. The van der Waals surface area contributed by atoms with Crippen molar-refractivity contribution >= 4 is 40.6 Å². The van der Waals surface area contributed by atoms with E-state index in [1.54, 1.807) is 41.5 Å². The molecule has 3 rings (SSSR count). The average molecular weight is 580 g/mol. The van der Waals surface area contributed by atoms with E-state index >= 15 is 0 Å². The zero-order valence-corrected chi connectivity index (χ0v) is 25.0. The summed E-state index contributed by atoms with van der Waals surface area (Å²) in [5, 5.41) is 7.69. The number of anilines is 1. The molecule has 40 heavy (non-hydrogen) atoms. The third kappa shape index (κ3) is 7.52. The van der Waals surface area contributed by atoms with Crippen LogP contribution in [0, 0.1) is 5.92 Å². The van der Waals surface area contributed by atoms with Crippen LogP contribution in [0.4, 0.5) is 15.4 Å². The Balaban J connectivity index is 1.92. The number of imidazole rings is 1. The molecule has 0 aliphatic rings. The van der Waals surface area contributed by atoms with Crippen LogP contribution in [0.5, 0.6) is 5.75 Å². The summed E-state index contributed by atoms with van der Waals surface area (Å²) in [7, 11) is 0. The van der Waals surface area contributed by atoms with Gasteiger partial charge in [0.15, 0.2) is 28.2 Å². The first-order valence-electron chi connectivity index (χ1n) is 13.1. The Bertz CT molecular complexity index is 1310. The summed E-state index contributed by atoms with van der Waals surface area (Å²) in [5.74, 6) is 0.659. The number of imide groups is 1. The second-order valence-electron chi connectivity index (χ2n) is 11.3. The number of carbonyl (C=O) groups is 2. The molecule has 0 aromatic carbocycles. The van der Waals surface area contributed by atoms with E-state index in [0.717, 1.165) is 11.3 Å². The van der Waals surface area contributed by atoms with Gasteiger partial charge >= 0.3 is 12.2 Å². The SMILES string of the molecule is CCCC(COc1cnc(Cl)c2nc(-c3nonc3N)n(CC)c12)CN(C(=O)OC(C)(C)C)C(=O)OC(C)(C)C. The molecule has 0 aliphatic carbocycles. The quantitative estimate of drug-likeness (QED) is 0.309. The van der Waals surface area contributed by atoms with Gasteiger partial charge in [-0.05, 0) is 65.2 Å². The smallest absolute Gasteiger partial charge is 0.419 e. The Kier molecular flexibility index (Phi) is 9.49. The van der Waals surface area contributed by atoms with Gasteiger partial charge < -0.3 is 24.5 Å². The van der Waals surface area contributed by atoms with Gasteiger partial charge in [-0.25, -0.2) is 29.1 Å². The molecule has 14 heteroatoms. The maximum Gasteiger partial charge on any atom is 0.419 e. The van der Waals surface area contributed by atoms with Crippen molar-refractivity contribution in [2.45, 2.75) is 86.0 Å². The molecule has 3 aromatic rings. The average Bonchev–Trinajstić information content (AvgIpc) is 3.43. The highest BCUT2D eigenvalue weighted by Gasteiger charge is 2.33. The fourth-order valence-electron chi connectivity index (χ4n) is 3.99. The summed E-state index contributed by atoms with van der Waals surface area (Å²) in [6.07, 6.45) is 1.38. The number of hydrogen-bond acceptors (Lipinski definition) is 11. The fraction of sp³-hybridized carbons (Fsp3) is 0.615. The van der Waals surface area contributed by atoms with Crippen LogP contribution in [0.3, 0.4) is 0 Å². The molecule has 0 saturated carbocycles. The maximum atomic E-state index is 13.0. The largest absolute Gasteiger partial charge is 0.489 e. The van der Waals surface area contributed by atoms with Gasteiger partial charge in [0, 0.05) is 19.0 Å². The molecule has 3 heterocycles. The van der Waals surface area contributed by atoms with Crippen molar-refractivity contribution in [1.82, 2.24) is 29.7 Å². The van der Waals surface area contributed by atoms with E-state index in [4.69, 9.17) is 36.2 Å². The molecule has 1 unspecified atom stereocenters. The summed E-state index contributed by atoms with van der Waals surface area (Å²) < 4.78 is 23.9. The molecule has 3 aromatic heterocycles. The van der Waals surface area contributed by atoms with Gasteiger partial charge in [0.1, 0.15) is 22.2 Å². The minimum Gasteiger partial charge on any atom is -0.489 e. The van der Waals surface area contributed by atoms with E-state index in [9.17, 15) is 9.59 Å². The first-order chi connectivity index (χ1) is 18.6. The third-order valence-electron chi connectivity index (χ3n) is 5.57. The van der Waals surface area contributed by atoms with Crippen LogP contribution in [-0.4, -0.2) is 66.3 Å². The fourth-order valence-corrected chi connectivity index (χ4v) is 4.17. The van der Waals surface area contributed by atoms with Crippen molar-refractivity contribution in [3.8, 4) is 17.3 Å². The minimum atomic E-state index is -0.798. The number of nitrogens with two attached hydrogens (primary N) is 1. The van der Waals surface area contributed by atoms with Gasteiger partial charge in [-0.15, -0.1) is 0 Å². The van der Waals surface area contributed by atoms with Crippen molar-refractivity contribution in [2.75, 3.05) is 18.9 Å². The number of fused-ring (bicyclic) bond motifs is 1. The molecule has 0 aliphatic heterocycles. The first kappa shape index (κ1) is 30.9. The van der Waals surface area contributed by atoms with Crippen molar-refractivity contribution < 1.29 is 28.4 Å². The standard InChI is InChI=1S/C26H38ClN7O6/c1-9-11-15(13-34(23(35)38-25(3,4)5)24(36)39-26(6,7)8)14-37-16-12-29-20(27)17-19(16)33(10-2)22(30-17)18-21(28)32-40-31-18/h12,15H,9-11,13-14H2,1-8H3,(H2,28,32). The lowest BCUT2D eigenvalue weighted by atomic mass is 10.0. The lowest BCUT2D eigenvalue weighted by molar-refractivity contribution is -0.00299. The van der Waals surface area contributed by atoms with E-state index in [-0.39, 0.29) is 35.7 Å². The molecule has 220 valence electrons. The number of carbonyl (C=O) groups excluding carboxylic acids is 2. The molecule has 2 N–H and O–H groups in total. The Morgan fingerprint density at radius 2 is 1.73 bits per heavy atom. The molecule has 2 amide bonds. The Morgan fingerprint density at radius 1 is 1.10 bits per heavy atom. The Hall–Kier alpha value is -3.61. The van der Waals surface area contributed by atoms with Crippen LogP contribution in [0.25, 0.3) is 22.6 Å². The highest BCUT2D eigenvalue weighted by Crippen LogP contribution is 2.35. The Morgan fingerprint density at radius 3 is 2.23 bits per heavy atom. The molecule has 13 nitrogen and oxygen atoms in total. The van der Waals surface area contributed by atoms with Crippen molar-refractivity contribution in [1.29, 1.82) is 0 Å². The molecular formula is C26H38ClN7O6. The van der Waals surface area contributed by atoms with Gasteiger partial charge in [-0.1, -0.05) is 24.9 Å². The number of hydrogen-bond donors (Lipinski definition) is 1. The maximum absolute atomic E-state index is 13.0. The van der Waals surface area contributed by atoms with Crippen molar-refractivity contribution in [2.24, 2.45) is 5.92 Å². The molecule has 0 saturated heterocycles. The van der Waals surface area contributed by atoms with Gasteiger partial charge in [0.25, 0.3) is 0 Å². The van der Waals surface area contributed by atoms with Crippen LogP contribution >= 0.6 is 11.6 Å². The predicted octanol–water partition coefficient (Wildman–Crippen LogP) is 5.70. The van der Waals surface area contributed by atoms with Gasteiger partial charge in [-0.3, -0.25) is 0 Å². The zero-order chi connectivity index (χ0) is 29.8. The summed E-state index contributed by atoms with van der Waals surface area (Å²) in [5.41, 5.74) is 5.58. The number of pyridine rings is 1. The van der Waals surface area contributed by atoms with Gasteiger partial charge in [0.05, 0.1) is 12.8 Å². The lowest BCUT2D eigenvalue weighted by Gasteiger charge is -2.30.